The number of hydrogen-bond acceptors (Lipinski definition) is 6. The molecule has 0 bridgehead atoms. The molecule has 9 nitrogen and oxygen atoms in total. The normalized spacial score (nSPS) is 15.4. The molecule has 2 aromatic carbocycles. The van der Waals surface area contributed by atoms with E-state index in [2.05, 4.69) is 27.9 Å². The first-order valence-electron chi connectivity index (χ1n) is 11.5. The molecule has 2 aliphatic rings. The summed E-state index contributed by atoms with van der Waals surface area (Å²) < 4.78 is 10.5. The maximum atomic E-state index is 12.7. The van der Waals surface area contributed by atoms with Crippen LogP contribution in [0.4, 0.5) is 4.79 Å². The maximum Gasteiger partial charge on any atom is 0.407 e. The second kappa shape index (κ2) is 9.25. The highest BCUT2D eigenvalue weighted by molar-refractivity contribution is 5.95. The highest BCUT2D eigenvalue weighted by atomic mass is 16.5. The number of carboxylic acid groups (broad SMARTS) is 1. The summed E-state index contributed by atoms with van der Waals surface area (Å²) in [5.74, 6) is -1.50. The van der Waals surface area contributed by atoms with Crippen LogP contribution in [0.1, 0.15) is 58.8 Å². The summed E-state index contributed by atoms with van der Waals surface area (Å²) in [5, 5.41) is 18.4. The summed E-state index contributed by atoms with van der Waals surface area (Å²) in [6.07, 6.45) is 2.47. The lowest BCUT2D eigenvalue weighted by Gasteiger charge is -2.41. The van der Waals surface area contributed by atoms with Gasteiger partial charge in [0.05, 0.1) is 18.5 Å². The SMILES string of the molecule is O=C(O)CC1(NC(=O)c2conc2CNC(=O)OCC2c3ccccc3-c3ccccc32)CCC1. The second-order valence-electron chi connectivity index (χ2n) is 9.01. The van der Waals surface area contributed by atoms with Gasteiger partial charge in [0.15, 0.2) is 0 Å². The van der Waals surface area contributed by atoms with E-state index in [4.69, 9.17) is 14.4 Å². The fraction of sp³-hybridized carbons (Fsp3) is 0.308. The number of hydrogen-bond donors (Lipinski definition) is 3. The molecule has 9 heteroatoms. The third kappa shape index (κ3) is 4.49. The van der Waals surface area contributed by atoms with Crippen molar-refractivity contribution in [2.75, 3.05) is 6.61 Å². The molecule has 1 saturated carbocycles. The Balaban J connectivity index is 1.18. The minimum absolute atomic E-state index is 0.0607. The van der Waals surface area contributed by atoms with E-state index in [9.17, 15) is 14.4 Å². The van der Waals surface area contributed by atoms with Crippen molar-refractivity contribution in [2.24, 2.45) is 0 Å². The van der Waals surface area contributed by atoms with Crippen LogP contribution < -0.4 is 10.6 Å². The zero-order valence-corrected chi connectivity index (χ0v) is 19.0. The monoisotopic (exact) mass is 475 g/mol. The molecule has 1 aromatic heterocycles. The molecule has 3 aromatic rings. The molecule has 0 saturated heterocycles. The van der Waals surface area contributed by atoms with E-state index in [0.29, 0.717) is 12.8 Å². The molecule has 0 aliphatic heterocycles. The summed E-state index contributed by atoms with van der Waals surface area (Å²) in [5.41, 5.74) is 4.15. The fourth-order valence-electron chi connectivity index (χ4n) is 4.92. The second-order valence-corrected chi connectivity index (χ2v) is 9.01. The van der Waals surface area contributed by atoms with E-state index in [0.717, 1.165) is 28.7 Å². The molecular weight excluding hydrogens is 450 g/mol. The van der Waals surface area contributed by atoms with Crippen LogP contribution in [0.3, 0.4) is 0 Å². The van der Waals surface area contributed by atoms with Crippen molar-refractivity contribution in [3.8, 4) is 11.1 Å². The van der Waals surface area contributed by atoms with Crippen LogP contribution >= 0.6 is 0 Å². The molecule has 1 fully saturated rings. The van der Waals surface area contributed by atoms with Gasteiger partial charge in [-0.2, -0.15) is 0 Å². The number of aliphatic carboxylic acids is 1. The van der Waals surface area contributed by atoms with Gasteiger partial charge in [-0.1, -0.05) is 53.7 Å². The van der Waals surface area contributed by atoms with Gasteiger partial charge in [0.25, 0.3) is 5.91 Å². The van der Waals surface area contributed by atoms with E-state index in [1.165, 1.54) is 6.26 Å². The Labute approximate surface area is 201 Å². The Bertz CT molecular complexity index is 1230. The van der Waals surface area contributed by atoms with Gasteiger partial charge >= 0.3 is 12.1 Å². The molecule has 35 heavy (non-hydrogen) atoms. The number of nitrogens with one attached hydrogen (secondary N) is 2. The molecule has 3 N–H and O–H groups in total. The van der Waals surface area contributed by atoms with E-state index in [-0.39, 0.29) is 36.7 Å². The molecule has 180 valence electrons. The van der Waals surface area contributed by atoms with Crippen molar-refractivity contribution in [2.45, 2.75) is 43.7 Å². The molecule has 0 spiro atoms. The number of carbonyl (C=O) groups is 3. The average Bonchev–Trinajstić information content (AvgIpc) is 3.42. The van der Waals surface area contributed by atoms with Crippen molar-refractivity contribution in [3.63, 3.8) is 0 Å². The zero-order valence-electron chi connectivity index (χ0n) is 19.0. The van der Waals surface area contributed by atoms with Crippen molar-refractivity contribution in [1.82, 2.24) is 15.8 Å². The van der Waals surface area contributed by atoms with Gasteiger partial charge < -0.3 is 25.0 Å². The summed E-state index contributed by atoms with van der Waals surface area (Å²) in [6.45, 7) is 0.103. The van der Waals surface area contributed by atoms with Crippen LogP contribution in [-0.4, -0.2) is 40.4 Å². The Hall–Kier alpha value is -4.14. The summed E-state index contributed by atoms with van der Waals surface area (Å²) in [7, 11) is 0. The van der Waals surface area contributed by atoms with Crippen LogP contribution in [0.5, 0.6) is 0 Å². The van der Waals surface area contributed by atoms with Crippen molar-refractivity contribution < 1.29 is 28.8 Å². The predicted octanol–water partition coefficient (Wildman–Crippen LogP) is 3.84. The molecule has 5 rings (SSSR count). The van der Waals surface area contributed by atoms with Crippen LogP contribution in [0.2, 0.25) is 0 Å². The quantitative estimate of drug-likeness (QED) is 0.451. The number of aromatic nitrogens is 1. The lowest BCUT2D eigenvalue weighted by molar-refractivity contribution is -0.139. The smallest absolute Gasteiger partial charge is 0.407 e. The van der Waals surface area contributed by atoms with Crippen molar-refractivity contribution >= 4 is 18.0 Å². The number of benzene rings is 2. The highest BCUT2D eigenvalue weighted by Gasteiger charge is 2.41. The van der Waals surface area contributed by atoms with Gasteiger partial charge in [0, 0.05) is 5.92 Å². The zero-order chi connectivity index (χ0) is 24.4. The van der Waals surface area contributed by atoms with E-state index in [1.807, 2.05) is 36.4 Å². The van der Waals surface area contributed by atoms with Gasteiger partial charge in [0.2, 0.25) is 0 Å². The van der Waals surface area contributed by atoms with Gasteiger partial charge in [-0.15, -0.1) is 0 Å². The van der Waals surface area contributed by atoms with Crippen LogP contribution in [0, 0.1) is 0 Å². The number of carbonyl (C=O) groups excluding carboxylic acids is 2. The van der Waals surface area contributed by atoms with E-state index >= 15 is 0 Å². The van der Waals surface area contributed by atoms with Crippen LogP contribution in [-0.2, 0) is 16.1 Å². The lowest BCUT2D eigenvalue weighted by atomic mass is 9.74. The van der Waals surface area contributed by atoms with Crippen LogP contribution in [0.15, 0.2) is 59.3 Å². The minimum Gasteiger partial charge on any atom is -0.481 e. The molecule has 0 atom stereocenters. The lowest BCUT2D eigenvalue weighted by Crippen LogP contribution is -2.54. The Morgan fingerprint density at radius 1 is 1.06 bits per heavy atom. The fourth-order valence-corrected chi connectivity index (χ4v) is 4.92. The number of alkyl carbamates (subject to hydrolysis) is 1. The topological polar surface area (TPSA) is 131 Å². The number of rotatable bonds is 8. The minimum atomic E-state index is -0.965. The molecule has 0 radical (unpaired) electrons. The number of fused-ring (bicyclic) bond motifs is 3. The summed E-state index contributed by atoms with van der Waals surface area (Å²) in [6, 6.07) is 16.1. The van der Waals surface area contributed by atoms with Gasteiger partial charge in [-0.05, 0) is 41.5 Å². The standard InChI is InChI=1S/C26H25N3O6/c30-23(31)12-26(10-5-11-26)28-24(32)21-15-35-29-22(21)13-27-25(33)34-14-20-18-8-3-1-6-16(18)17-7-2-4-9-19(17)20/h1-4,6-9,15,20H,5,10-14H2,(H,27,33)(H,28,32)(H,30,31). The van der Waals surface area contributed by atoms with Crippen molar-refractivity contribution in [1.29, 1.82) is 0 Å². The Morgan fingerprint density at radius 2 is 1.71 bits per heavy atom. The van der Waals surface area contributed by atoms with E-state index in [1.54, 1.807) is 0 Å². The number of carboxylic acids is 1. The summed E-state index contributed by atoms with van der Waals surface area (Å²) >= 11 is 0. The largest absolute Gasteiger partial charge is 0.481 e. The molecule has 2 amide bonds. The Morgan fingerprint density at radius 3 is 2.31 bits per heavy atom. The average molecular weight is 476 g/mol. The molecule has 0 unspecified atom stereocenters. The molecule has 1 heterocycles. The van der Waals surface area contributed by atoms with Gasteiger partial charge in [-0.25, -0.2) is 4.79 Å². The number of amides is 2. The third-order valence-electron chi connectivity index (χ3n) is 6.81. The van der Waals surface area contributed by atoms with Crippen LogP contribution in [0.25, 0.3) is 11.1 Å². The van der Waals surface area contributed by atoms with E-state index < -0.39 is 23.5 Å². The van der Waals surface area contributed by atoms with Crippen molar-refractivity contribution in [3.05, 3.63) is 77.2 Å². The first-order chi connectivity index (χ1) is 17.0. The third-order valence-corrected chi connectivity index (χ3v) is 6.81. The van der Waals surface area contributed by atoms with Gasteiger partial charge in [-0.3, -0.25) is 9.59 Å². The molecular formula is C26H25N3O6. The maximum absolute atomic E-state index is 12.7. The van der Waals surface area contributed by atoms with Gasteiger partial charge in [0.1, 0.15) is 24.1 Å². The first kappa shape index (κ1) is 22.6. The first-order valence-corrected chi connectivity index (χ1v) is 11.5. The Kier molecular flexibility index (Phi) is 5.98. The highest BCUT2D eigenvalue weighted by Crippen LogP contribution is 2.44. The predicted molar refractivity (Wildman–Crippen MR) is 125 cm³/mol. The number of ether oxygens (including phenoxy) is 1. The molecule has 2 aliphatic carbocycles. The summed E-state index contributed by atoms with van der Waals surface area (Å²) in [4.78, 5) is 36.4. The number of nitrogens with zero attached hydrogens (tertiary/aromatic N) is 1.